The van der Waals surface area contributed by atoms with E-state index < -0.39 is 18.0 Å². The van der Waals surface area contributed by atoms with E-state index in [0.29, 0.717) is 22.1 Å². The van der Waals surface area contributed by atoms with Crippen molar-refractivity contribution in [3.63, 3.8) is 0 Å². The quantitative estimate of drug-likeness (QED) is 0.515. The number of esters is 2. The first-order chi connectivity index (χ1) is 14.4. The van der Waals surface area contributed by atoms with Gasteiger partial charge in [0.1, 0.15) is 18.2 Å². The fourth-order valence-corrected chi connectivity index (χ4v) is 3.18. The molecular formula is C22H20BrNO6. The molecule has 7 nitrogen and oxygen atoms in total. The van der Waals surface area contributed by atoms with E-state index in [4.69, 9.17) is 13.9 Å². The van der Waals surface area contributed by atoms with Crippen LogP contribution in [0.3, 0.4) is 0 Å². The molecule has 1 N–H and O–H groups in total. The van der Waals surface area contributed by atoms with Crippen molar-refractivity contribution in [3.05, 3.63) is 69.9 Å². The molecule has 0 bridgehead atoms. The Balaban J connectivity index is 1.74. The second-order valence-electron chi connectivity index (χ2n) is 6.44. The molecule has 1 atom stereocenters. The summed E-state index contributed by atoms with van der Waals surface area (Å²) < 4.78 is 16.8. The Labute approximate surface area is 181 Å². The smallest absolute Gasteiger partial charge is 0.374 e. The third kappa shape index (κ3) is 4.88. The summed E-state index contributed by atoms with van der Waals surface area (Å²) in [6.07, 6.45) is 0. The fourth-order valence-electron chi connectivity index (χ4n) is 2.82. The normalized spacial score (nSPS) is 11.7. The Hall–Kier alpha value is -3.13. The summed E-state index contributed by atoms with van der Waals surface area (Å²) in [4.78, 5) is 36.9. The number of fused-ring (bicyclic) bond motifs is 1. The summed E-state index contributed by atoms with van der Waals surface area (Å²) in [5.74, 6) is -1.68. The number of rotatable bonds is 7. The van der Waals surface area contributed by atoms with Gasteiger partial charge in [-0.25, -0.2) is 9.59 Å². The molecule has 3 rings (SSSR count). The molecule has 0 aliphatic heterocycles. The Kier molecular flexibility index (Phi) is 6.89. The summed E-state index contributed by atoms with van der Waals surface area (Å²) in [6, 6.07) is 12.9. The van der Waals surface area contributed by atoms with Gasteiger partial charge in [0.2, 0.25) is 5.76 Å². The predicted octanol–water partition coefficient (Wildman–Crippen LogP) is 4.23. The molecule has 0 saturated heterocycles. The van der Waals surface area contributed by atoms with Crippen LogP contribution in [0.4, 0.5) is 0 Å². The van der Waals surface area contributed by atoms with E-state index in [1.54, 1.807) is 55.5 Å². The van der Waals surface area contributed by atoms with E-state index in [9.17, 15) is 14.4 Å². The van der Waals surface area contributed by atoms with Crippen LogP contribution in [0.15, 0.2) is 57.4 Å². The van der Waals surface area contributed by atoms with Gasteiger partial charge in [-0.15, -0.1) is 0 Å². The van der Waals surface area contributed by atoms with Crippen LogP contribution in [0.1, 0.15) is 40.3 Å². The highest BCUT2D eigenvalue weighted by molar-refractivity contribution is 9.10. The molecule has 0 aliphatic carbocycles. The largest absolute Gasteiger partial charge is 0.460 e. The minimum atomic E-state index is -0.881. The number of carbonyl (C=O) groups excluding carboxylic acids is 3. The first-order valence-electron chi connectivity index (χ1n) is 9.31. The number of nitrogens with one attached hydrogen (secondary N) is 1. The molecule has 0 fully saturated rings. The number of halogens is 1. The lowest BCUT2D eigenvalue weighted by molar-refractivity contribution is -0.146. The molecule has 1 amide bonds. The van der Waals surface area contributed by atoms with Crippen molar-refractivity contribution in [2.24, 2.45) is 0 Å². The van der Waals surface area contributed by atoms with Crippen LogP contribution in [0.25, 0.3) is 11.0 Å². The number of ether oxygens (including phenoxy) is 2. The number of benzene rings is 2. The highest BCUT2D eigenvalue weighted by atomic mass is 79.9. The monoisotopic (exact) mass is 473 g/mol. The molecule has 1 unspecified atom stereocenters. The van der Waals surface area contributed by atoms with Gasteiger partial charge >= 0.3 is 11.9 Å². The summed E-state index contributed by atoms with van der Waals surface area (Å²) in [7, 11) is 0. The number of amides is 1. The molecule has 0 radical (unpaired) electrons. The van der Waals surface area contributed by atoms with E-state index in [0.717, 1.165) is 4.47 Å². The number of hydrogen-bond acceptors (Lipinski definition) is 6. The molecular weight excluding hydrogens is 454 g/mol. The van der Waals surface area contributed by atoms with Gasteiger partial charge in [-0.2, -0.15) is 0 Å². The number of carbonyl (C=O) groups is 3. The van der Waals surface area contributed by atoms with Crippen molar-refractivity contribution < 1.29 is 28.3 Å². The molecule has 1 aromatic heterocycles. The third-order valence-electron chi connectivity index (χ3n) is 4.31. The van der Waals surface area contributed by atoms with Crippen LogP contribution in [0.5, 0.6) is 0 Å². The van der Waals surface area contributed by atoms with Crippen molar-refractivity contribution >= 4 is 44.7 Å². The Morgan fingerprint density at radius 1 is 1.10 bits per heavy atom. The summed E-state index contributed by atoms with van der Waals surface area (Å²) >= 11 is 3.38. The average molecular weight is 474 g/mol. The SMILES string of the molecule is CCOC(=O)c1oc2ccc(Br)cc2c1COC(=O)C(C)NC(=O)c1ccccc1. The van der Waals surface area contributed by atoms with Crippen molar-refractivity contribution in [1.29, 1.82) is 0 Å². The highest BCUT2D eigenvalue weighted by Gasteiger charge is 2.24. The Bertz CT molecular complexity index is 1080. The molecule has 30 heavy (non-hydrogen) atoms. The zero-order valence-electron chi connectivity index (χ0n) is 16.4. The Morgan fingerprint density at radius 2 is 1.83 bits per heavy atom. The maximum atomic E-state index is 12.4. The lowest BCUT2D eigenvalue weighted by Crippen LogP contribution is -2.39. The maximum absolute atomic E-state index is 12.4. The summed E-state index contributed by atoms with van der Waals surface area (Å²) in [5, 5.41) is 3.22. The first-order valence-corrected chi connectivity index (χ1v) is 10.1. The van der Waals surface area contributed by atoms with E-state index >= 15 is 0 Å². The zero-order chi connectivity index (χ0) is 21.7. The lowest BCUT2D eigenvalue weighted by Gasteiger charge is -2.13. The third-order valence-corrected chi connectivity index (χ3v) is 4.80. The van der Waals surface area contributed by atoms with Crippen LogP contribution < -0.4 is 5.32 Å². The Morgan fingerprint density at radius 3 is 2.53 bits per heavy atom. The molecule has 156 valence electrons. The van der Waals surface area contributed by atoms with Gasteiger partial charge in [0.05, 0.1) is 12.2 Å². The van der Waals surface area contributed by atoms with Crippen molar-refractivity contribution in [2.45, 2.75) is 26.5 Å². The second kappa shape index (κ2) is 9.58. The van der Waals surface area contributed by atoms with Crippen molar-refractivity contribution in [1.82, 2.24) is 5.32 Å². The molecule has 3 aromatic rings. The number of hydrogen-bond donors (Lipinski definition) is 1. The van der Waals surface area contributed by atoms with Gasteiger partial charge in [-0.1, -0.05) is 34.1 Å². The van der Waals surface area contributed by atoms with E-state index in [1.165, 1.54) is 6.92 Å². The minimum Gasteiger partial charge on any atom is -0.460 e. The minimum absolute atomic E-state index is 0.0151. The zero-order valence-corrected chi connectivity index (χ0v) is 18.0. The second-order valence-corrected chi connectivity index (χ2v) is 7.36. The van der Waals surface area contributed by atoms with Crippen LogP contribution in [-0.4, -0.2) is 30.5 Å². The number of furan rings is 1. The van der Waals surface area contributed by atoms with Crippen molar-refractivity contribution in [3.8, 4) is 0 Å². The van der Waals surface area contributed by atoms with Gasteiger partial charge in [-0.05, 0) is 44.2 Å². The van der Waals surface area contributed by atoms with Crippen LogP contribution in [0, 0.1) is 0 Å². The van der Waals surface area contributed by atoms with Crippen LogP contribution in [0.2, 0.25) is 0 Å². The molecule has 0 aliphatic rings. The van der Waals surface area contributed by atoms with E-state index in [1.807, 2.05) is 0 Å². The van der Waals surface area contributed by atoms with Gasteiger partial charge in [0.25, 0.3) is 5.91 Å². The van der Waals surface area contributed by atoms with E-state index in [-0.39, 0.29) is 24.9 Å². The van der Waals surface area contributed by atoms with Gasteiger partial charge in [-0.3, -0.25) is 4.79 Å². The average Bonchev–Trinajstić information content (AvgIpc) is 3.10. The maximum Gasteiger partial charge on any atom is 0.374 e. The predicted molar refractivity (Wildman–Crippen MR) is 113 cm³/mol. The summed E-state index contributed by atoms with van der Waals surface area (Å²) in [6.45, 7) is 3.19. The van der Waals surface area contributed by atoms with Crippen molar-refractivity contribution in [2.75, 3.05) is 6.61 Å². The van der Waals surface area contributed by atoms with Crippen LogP contribution >= 0.6 is 15.9 Å². The standard InChI is InChI=1S/C22H20BrNO6/c1-3-28-22(27)19-17(16-11-15(23)9-10-18(16)30-19)12-29-21(26)13(2)24-20(25)14-7-5-4-6-8-14/h4-11,13H,3,12H2,1-2H3,(H,24,25). The topological polar surface area (TPSA) is 94.8 Å². The molecule has 1 heterocycles. The van der Waals surface area contributed by atoms with Gasteiger partial charge < -0.3 is 19.2 Å². The van der Waals surface area contributed by atoms with E-state index in [2.05, 4.69) is 21.2 Å². The summed E-state index contributed by atoms with van der Waals surface area (Å²) in [5.41, 5.74) is 1.31. The highest BCUT2D eigenvalue weighted by Crippen LogP contribution is 2.30. The van der Waals surface area contributed by atoms with Crippen LogP contribution in [-0.2, 0) is 20.9 Å². The molecule has 2 aromatic carbocycles. The molecule has 0 spiro atoms. The first kappa shape index (κ1) is 21.6. The van der Waals surface area contributed by atoms with Gasteiger partial charge in [0, 0.05) is 15.4 Å². The molecule has 8 heteroatoms. The lowest BCUT2D eigenvalue weighted by atomic mass is 10.1. The molecule has 0 saturated carbocycles. The van der Waals surface area contributed by atoms with Gasteiger partial charge in [0.15, 0.2) is 0 Å². The fraction of sp³-hybridized carbons (Fsp3) is 0.227.